The molecule has 0 spiro atoms. The Bertz CT molecular complexity index is 872. The van der Waals surface area contributed by atoms with Crippen LogP contribution in [0.1, 0.15) is 0 Å². The van der Waals surface area contributed by atoms with E-state index in [1.807, 2.05) is 48.5 Å². The highest BCUT2D eigenvalue weighted by molar-refractivity contribution is 6.33. The van der Waals surface area contributed by atoms with Crippen molar-refractivity contribution in [3.8, 4) is 0 Å². The molecule has 1 aliphatic heterocycles. The maximum atomic E-state index is 12.1. The van der Waals surface area contributed by atoms with Crippen LogP contribution in [0.4, 0.5) is 5.69 Å². The van der Waals surface area contributed by atoms with Gasteiger partial charge in [0, 0.05) is 22.9 Å². The van der Waals surface area contributed by atoms with E-state index in [1.165, 1.54) is 17.1 Å². The van der Waals surface area contributed by atoms with Gasteiger partial charge < -0.3 is 0 Å². The zero-order chi connectivity index (χ0) is 14.4. The number of aromatic nitrogens is 1. The molecule has 4 heteroatoms. The second-order valence-electron chi connectivity index (χ2n) is 4.84. The monoisotopic (exact) mass is 274 g/mol. The van der Waals surface area contributed by atoms with Gasteiger partial charge in [-0.3, -0.25) is 9.59 Å². The number of amides is 2. The van der Waals surface area contributed by atoms with Gasteiger partial charge in [0.25, 0.3) is 11.8 Å². The highest BCUT2D eigenvalue weighted by Gasteiger charge is 2.28. The van der Waals surface area contributed by atoms with E-state index in [1.54, 1.807) is 0 Å². The summed E-state index contributed by atoms with van der Waals surface area (Å²) in [5.74, 6) is -0.636. The van der Waals surface area contributed by atoms with Gasteiger partial charge in [0.05, 0.1) is 16.7 Å². The minimum absolute atomic E-state index is 0.318. The molecule has 2 heterocycles. The van der Waals surface area contributed by atoms with Gasteiger partial charge in [0.1, 0.15) is 0 Å². The minimum atomic E-state index is -0.318. The van der Waals surface area contributed by atoms with Gasteiger partial charge in [-0.05, 0) is 12.1 Å². The molecule has 0 aliphatic carbocycles. The Morgan fingerprint density at radius 1 is 0.714 bits per heavy atom. The number of fused-ring (bicyclic) bond motifs is 2. The van der Waals surface area contributed by atoms with Gasteiger partial charge in [-0.15, -0.1) is 0 Å². The molecule has 100 valence electrons. The van der Waals surface area contributed by atoms with Gasteiger partial charge >= 0.3 is 0 Å². The van der Waals surface area contributed by atoms with E-state index < -0.39 is 0 Å². The van der Waals surface area contributed by atoms with Crippen molar-refractivity contribution in [2.75, 3.05) is 4.90 Å². The van der Waals surface area contributed by atoms with Crippen LogP contribution in [-0.4, -0.2) is 16.8 Å². The lowest BCUT2D eigenvalue weighted by Crippen LogP contribution is -2.30. The number of para-hydroxylation sites is 2. The Labute approximate surface area is 120 Å². The number of anilines is 1. The van der Waals surface area contributed by atoms with Crippen LogP contribution in [0.15, 0.2) is 60.7 Å². The summed E-state index contributed by atoms with van der Waals surface area (Å²) in [6.45, 7) is 0. The van der Waals surface area contributed by atoms with E-state index in [4.69, 9.17) is 0 Å². The minimum Gasteiger partial charge on any atom is -0.269 e. The maximum absolute atomic E-state index is 12.1. The average molecular weight is 274 g/mol. The lowest BCUT2D eigenvalue weighted by atomic mass is 10.1. The highest BCUT2D eigenvalue weighted by atomic mass is 16.2. The smallest absolute Gasteiger partial charge is 0.258 e. The Hall–Kier alpha value is -3.01. The van der Waals surface area contributed by atoms with Crippen molar-refractivity contribution in [3.63, 3.8) is 0 Å². The molecule has 2 aromatic carbocycles. The van der Waals surface area contributed by atoms with Crippen LogP contribution in [-0.2, 0) is 9.59 Å². The Balaban J connectivity index is 2.17. The number of carbonyl (C=O) groups is 2. The molecule has 0 radical (unpaired) electrons. The summed E-state index contributed by atoms with van der Waals surface area (Å²) in [4.78, 5) is 29.9. The molecule has 2 amide bonds. The predicted octanol–water partition coefficient (Wildman–Crippen LogP) is 2.82. The van der Waals surface area contributed by atoms with Crippen molar-refractivity contribution in [1.29, 1.82) is 0 Å². The van der Waals surface area contributed by atoms with Crippen molar-refractivity contribution < 1.29 is 9.59 Å². The van der Waals surface area contributed by atoms with Crippen LogP contribution in [0.2, 0.25) is 0 Å². The molecule has 0 atom stereocenters. The van der Waals surface area contributed by atoms with E-state index in [0.29, 0.717) is 5.69 Å². The lowest BCUT2D eigenvalue weighted by Gasteiger charge is -2.18. The molecule has 1 aromatic heterocycles. The van der Waals surface area contributed by atoms with Crippen LogP contribution in [0.3, 0.4) is 0 Å². The molecule has 0 saturated carbocycles. The highest BCUT2D eigenvalue weighted by Crippen LogP contribution is 2.35. The van der Waals surface area contributed by atoms with Crippen molar-refractivity contribution in [1.82, 2.24) is 4.98 Å². The van der Waals surface area contributed by atoms with E-state index in [2.05, 4.69) is 4.98 Å². The van der Waals surface area contributed by atoms with E-state index in [-0.39, 0.29) is 11.8 Å². The fraction of sp³-hybridized carbons (Fsp3) is 0. The zero-order valence-corrected chi connectivity index (χ0v) is 11.0. The SMILES string of the molecule is O=C1C=CC(=O)N1c1c2ccccc2nc2ccccc12. The van der Waals surface area contributed by atoms with Crippen LogP contribution in [0, 0.1) is 0 Å². The van der Waals surface area contributed by atoms with Crippen LogP contribution >= 0.6 is 0 Å². The molecule has 3 aromatic rings. The summed E-state index contributed by atoms with van der Waals surface area (Å²) in [6, 6.07) is 15.0. The first-order valence-corrected chi connectivity index (χ1v) is 6.59. The first-order chi connectivity index (χ1) is 10.3. The molecule has 1 aliphatic rings. The Morgan fingerprint density at radius 3 is 1.71 bits per heavy atom. The molecule has 0 saturated heterocycles. The van der Waals surface area contributed by atoms with Gasteiger partial charge in [-0.1, -0.05) is 36.4 Å². The third-order valence-corrected chi connectivity index (χ3v) is 3.59. The van der Waals surface area contributed by atoms with Gasteiger partial charge in [0.2, 0.25) is 0 Å². The number of imide groups is 1. The molecule has 21 heavy (non-hydrogen) atoms. The van der Waals surface area contributed by atoms with Crippen molar-refractivity contribution in [2.24, 2.45) is 0 Å². The topological polar surface area (TPSA) is 50.3 Å². The fourth-order valence-electron chi connectivity index (χ4n) is 2.68. The van der Waals surface area contributed by atoms with Crippen molar-refractivity contribution in [2.45, 2.75) is 0 Å². The number of benzene rings is 2. The normalized spacial score (nSPS) is 14.6. The molecular weight excluding hydrogens is 264 g/mol. The Kier molecular flexibility index (Phi) is 2.38. The number of pyridine rings is 1. The quantitative estimate of drug-likeness (QED) is 0.506. The van der Waals surface area contributed by atoms with Crippen LogP contribution in [0.25, 0.3) is 21.8 Å². The summed E-state index contributed by atoms with van der Waals surface area (Å²) in [5, 5.41) is 1.59. The maximum Gasteiger partial charge on any atom is 0.258 e. The number of rotatable bonds is 1. The predicted molar refractivity (Wildman–Crippen MR) is 80.9 cm³/mol. The lowest BCUT2D eigenvalue weighted by molar-refractivity contribution is -0.119. The van der Waals surface area contributed by atoms with Crippen LogP contribution < -0.4 is 4.90 Å². The third-order valence-electron chi connectivity index (χ3n) is 3.59. The number of nitrogens with zero attached hydrogens (tertiary/aromatic N) is 2. The van der Waals surface area contributed by atoms with Gasteiger partial charge in [-0.25, -0.2) is 9.88 Å². The van der Waals surface area contributed by atoms with Gasteiger partial charge in [-0.2, -0.15) is 0 Å². The second-order valence-corrected chi connectivity index (χ2v) is 4.84. The fourth-order valence-corrected chi connectivity index (χ4v) is 2.68. The van der Waals surface area contributed by atoms with E-state index in [0.717, 1.165) is 21.8 Å². The van der Waals surface area contributed by atoms with E-state index >= 15 is 0 Å². The summed E-state index contributed by atoms with van der Waals surface area (Å²) >= 11 is 0. The van der Waals surface area contributed by atoms with Crippen molar-refractivity contribution >= 4 is 39.3 Å². The first kappa shape index (κ1) is 11.8. The summed E-state index contributed by atoms with van der Waals surface area (Å²) in [7, 11) is 0. The molecule has 0 bridgehead atoms. The Morgan fingerprint density at radius 2 is 1.19 bits per heavy atom. The standard InChI is InChI=1S/C17H10N2O2/c20-15-9-10-16(21)19(15)17-11-5-1-3-7-13(11)18-14-8-4-2-6-12(14)17/h1-10H. The summed E-state index contributed by atoms with van der Waals surface area (Å²) in [6.07, 6.45) is 2.60. The third kappa shape index (κ3) is 1.66. The number of hydrogen-bond donors (Lipinski definition) is 0. The van der Waals surface area contributed by atoms with E-state index in [9.17, 15) is 9.59 Å². The second kappa shape index (κ2) is 4.24. The molecule has 4 nitrogen and oxygen atoms in total. The molecule has 0 fully saturated rings. The molecule has 0 N–H and O–H groups in total. The first-order valence-electron chi connectivity index (χ1n) is 6.59. The summed E-state index contributed by atoms with van der Waals surface area (Å²) in [5.41, 5.74) is 2.13. The van der Waals surface area contributed by atoms with Gasteiger partial charge in [0.15, 0.2) is 0 Å². The molecular formula is C17H10N2O2. The molecule has 4 rings (SSSR count). The van der Waals surface area contributed by atoms with Crippen LogP contribution in [0.5, 0.6) is 0 Å². The number of hydrogen-bond acceptors (Lipinski definition) is 3. The average Bonchev–Trinajstić information content (AvgIpc) is 2.84. The summed E-state index contributed by atoms with van der Waals surface area (Å²) < 4.78 is 0. The zero-order valence-electron chi connectivity index (χ0n) is 11.0. The number of carbonyl (C=O) groups excluding carboxylic acids is 2. The largest absolute Gasteiger partial charge is 0.269 e. The van der Waals surface area contributed by atoms with Crippen molar-refractivity contribution in [3.05, 3.63) is 60.7 Å². The molecule has 0 unspecified atom stereocenters.